The van der Waals surface area contributed by atoms with Crippen LogP contribution in [0.1, 0.15) is 45.2 Å². The van der Waals surface area contributed by atoms with Crippen LogP contribution < -0.4 is 0 Å². The number of thiazole rings is 1. The van der Waals surface area contributed by atoms with E-state index in [1.54, 1.807) is 50.5 Å². The molecule has 0 radical (unpaired) electrons. The first-order valence-corrected chi connectivity index (χ1v) is 17.1. The van der Waals surface area contributed by atoms with Crippen LogP contribution in [0.5, 0.6) is 0 Å². The quantitative estimate of drug-likeness (QED) is 0.177. The van der Waals surface area contributed by atoms with E-state index in [1.165, 1.54) is 34.5 Å². The minimum Gasteiger partial charge on any atom is -0.383 e. The third-order valence-electron chi connectivity index (χ3n) is 8.60. The topological polar surface area (TPSA) is 117 Å². The van der Waals surface area contributed by atoms with Gasteiger partial charge in [0.2, 0.25) is 10.9 Å². The lowest BCUT2D eigenvalue weighted by Crippen LogP contribution is -2.55. The Morgan fingerprint density at radius 3 is 2.58 bits per heavy atom. The van der Waals surface area contributed by atoms with Gasteiger partial charge in [0.25, 0.3) is 0 Å². The number of methoxy groups -OCH3 is 2. The van der Waals surface area contributed by atoms with Crippen molar-refractivity contribution < 1.29 is 22.9 Å². The van der Waals surface area contributed by atoms with Gasteiger partial charge in [-0.3, -0.25) is 9.48 Å². The smallest absolute Gasteiger partial charge is 0.244 e. The molecule has 0 saturated heterocycles. The maximum Gasteiger partial charge on any atom is 0.244 e. The van der Waals surface area contributed by atoms with Crippen molar-refractivity contribution in [1.29, 1.82) is 0 Å². The van der Waals surface area contributed by atoms with Gasteiger partial charge in [0, 0.05) is 38.4 Å². The van der Waals surface area contributed by atoms with Gasteiger partial charge in [-0.15, -0.1) is 16.4 Å². The second kappa shape index (κ2) is 12.3. The van der Waals surface area contributed by atoms with Crippen molar-refractivity contribution in [3.8, 4) is 5.69 Å². The highest BCUT2D eigenvalue weighted by molar-refractivity contribution is 7.98. The highest BCUT2D eigenvalue weighted by Crippen LogP contribution is 2.52. The van der Waals surface area contributed by atoms with Crippen LogP contribution in [0.4, 0.5) is 4.39 Å². The molecule has 0 bridgehead atoms. The summed E-state index contributed by atoms with van der Waals surface area (Å²) < 4.78 is 44.7. The van der Waals surface area contributed by atoms with Crippen LogP contribution in [0, 0.1) is 18.2 Å². The molecule has 1 unspecified atom stereocenters. The number of allylic oxidation sites excluding steroid dienone is 1. The molecule has 1 aromatic carbocycles. The molecule has 11 nitrogen and oxygen atoms in total. The van der Waals surface area contributed by atoms with Gasteiger partial charge in [0.15, 0.2) is 5.01 Å². The first-order chi connectivity index (χ1) is 21.6. The van der Waals surface area contributed by atoms with Crippen LogP contribution in [-0.4, -0.2) is 89.2 Å². The largest absolute Gasteiger partial charge is 0.383 e. The van der Waals surface area contributed by atoms with Crippen LogP contribution in [0.25, 0.3) is 11.8 Å². The zero-order chi connectivity index (χ0) is 31.9. The number of benzene rings is 1. The number of aryl methyl sites for hydroxylation is 2. The number of halogens is 1. The summed E-state index contributed by atoms with van der Waals surface area (Å²) in [5.74, 6) is 3.78. The van der Waals surface area contributed by atoms with Crippen molar-refractivity contribution in [1.82, 2.24) is 33.8 Å². The summed E-state index contributed by atoms with van der Waals surface area (Å²) in [6.07, 6.45) is 8.95. The Bertz CT molecular complexity index is 1840. The number of hydrogen-bond donors (Lipinski definition) is 0. The molecule has 6 rings (SSSR count). The summed E-state index contributed by atoms with van der Waals surface area (Å²) in [5.41, 5.74) is 2.48. The van der Waals surface area contributed by atoms with Crippen molar-refractivity contribution in [2.24, 2.45) is 12.5 Å². The maximum absolute atomic E-state index is 14.7. The number of ketones is 1. The second-order valence-electron chi connectivity index (χ2n) is 11.6. The van der Waals surface area contributed by atoms with Crippen molar-refractivity contribution in [3.05, 3.63) is 75.5 Å². The normalized spacial score (nSPS) is 21.0. The zero-order valence-electron chi connectivity index (χ0n) is 25.7. The average Bonchev–Trinajstić information content (AvgIpc) is 3.76. The predicted molar refractivity (Wildman–Crippen MR) is 170 cm³/mol. The monoisotopic (exact) mass is 653 g/mol. The molecule has 4 aromatic rings. The third kappa shape index (κ3) is 5.69. The van der Waals surface area contributed by atoms with Crippen molar-refractivity contribution in [2.75, 3.05) is 27.4 Å². The van der Waals surface area contributed by atoms with Gasteiger partial charge in [-0.1, -0.05) is 5.57 Å². The minimum absolute atomic E-state index is 0.0711. The van der Waals surface area contributed by atoms with Gasteiger partial charge in [-0.05, 0) is 74.4 Å². The Labute approximate surface area is 265 Å². The van der Waals surface area contributed by atoms with Gasteiger partial charge >= 0.3 is 0 Å². The van der Waals surface area contributed by atoms with Gasteiger partial charge < -0.3 is 9.47 Å². The zero-order valence-corrected chi connectivity index (χ0v) is 27.3. The van der Waals surface area contributed by atoms with E-state index in [-0.39, 0.29) is 36.0 Å². The molecule has 238 valence electrons. The summed E-state index contributed by atoms with van der Waals surface area (Å²) in [6, 6.07) is 5.37. The van der Waals surface area contributed by atoms with E-state index in [4.69, 9.17) is 9.47 Å². The summed E-state index contributed by atoms with van der Waals surface area (Å²) in [5, 5.41) is 9.57. The van der Waals surface area contributed by atoms with Gasteiger partial charge in [-0.2, -0.15) is 5.10 Å². The molecule has 2 aliphatic rings. The van der Waals surface area contributed by atoms with Crippen molar-refractivity contribution in [3.63, 3.8) is 0 Å². The second-order valence-corrected chi connectivity index (χ2v) is 14.9. The summed E-state index contributed by atoms with van der Waals surface area (Å²) in [4.78, 5) is 24.4. The summed E-state index contributed by atoms with van der Waals surface area (Å²) in [6.45, 7) is 2.39. The standard InChI is InChI=1S/C31H36FN7O4S2/c1-20-15-33-29(44-20)28(40)31-13-21-16-35-38(24-10-7-23(32)8-11-24)27(21)12-22(31)6-9-25(14-31)39(26(17-42-3)18-43-4)45(5,41)30-34-19-37(2)36-30/h7-8,10-12,15-16,19,25-26H,5-6,9,13-14,17-18H2,1-4H3/t25-,31-,45?/m0/s1. The lowest BCUT2D eigenvalue weighted by atomic mass is 9.61. The molecule has 2 aliphatic carbocycles. The van der Waals surface area contributed by atoms with Crippen molar-refractivity contribution >= 4 is 38.8 Å². The fraction of sp³-hybridized carbons (Fsp3) is 0.419. The molecule has 1 saturated carbocycles. The number of rotatable bonds is 11. The molecule has 45 heavy (non-hydrogen) atoms. The lowest BCUT2D eigenvalue weighted by molar-refractivity contribution is 0.0407. The molecule has 0 N–H and O–H groups in total. The Morgan fingerprint density at radius 2 is 1.96 bits per heavy atom. The predicted octanol–water partition coefficient (Wildman–Crippen LogP) is 3.92. The van der Waals surface area contributed by atoms with E-state index in [0.717, 1.165) is 27.4 Å². The lowest BCUT2D eigenvalue weighted by Gasteiger charge is -2.48. The van der Waals surface area contributed by atoms with Crippen LogP contribution in [-0.2, 0) is 32.7 Å². The van der Waals surface area contributed by atoms with Gasteiger partial charge in [-0.25, -0.2) is 27.6 Å². The first-order valence-electron chi connectivity index (χ1n) is 14.6. The van der Waals surface area contributed by atoms with E-state index in [1.807, 2.05) is 11.2 Å². The Balaban J connectivity index is 1.46. The molecule has 1 fully saturated rings. The maximum atomic E-state index is 14.7. The molecule has 3 heterocycles. The number of ether oxygens (including phenoxy) is 2. The van der Waals surface area contributed by atoms with Crippen LogP contribution >= 0.6 is 11.3 Å². The van der Waals surface area contributed by atoms with E-state index in [2.05, 4.69) is 32.1 Å². The van der Waals surface area contributed by atoms with Gasteiger partial charge in [0.1, 0.15) is 12.1 Å². The number of carbonyl (C=O) groups excluding carboxylic acids is 1. The van der Waals surface area contributed by atoms with E-state index in [0.29, 0.717) is 30.7 Å². The van der Waals surface area contributed by atoms with Crippen LogP contribution in [0.3, 0.4) is 0 Å². The minimum atomic E-state index is -3.23. The highest BCUT2D eigenvalue weighted by Gasteiger charge is 2.52. The Kier molecular flexibility index (Phi) is 8.61. The number of aromatic nitrogens is 6. The van der Waals surface area contributed by atoms with E-state index >= 15 is 0 Å². The number of carbonyl (C=O) groups is 1. The first kappa shape index (κ1) is 31.4. The van der Waals surface area contributed by atoms with E-state index in [9.17, 15) is 13.4 Å². The fourth-order valence-electron chi connectivity index (χ4n) is 6.67. The molecule has 0 aliphatic heterocycles. The molecular weight excluding hydrogens is 618 g/mol. The Hall–Kier alpha value is -3.56. The highest BCUT2D eigenvalue weighted by atomic mass is 32.2. The van der Waals surface area contributed by atoms with Gasteiger partial charge in [0.05, 0.1) is 52.0 Å². The van der Waals surface area contributed by atoms with Crippen molar-refractivity contribution in [2.45, 2.75) is 49.8 Å². The third-order valence-corrected chi connectivity index (χ3v) is 11.5. The average molecular weight is 654 g/mol. The SMILES string of the molecule is C=S(=O)(c1ncn(C)n1)N(C(COC)COC)[C@H]1CCC2=Cc3c(cnn3-c3ccc(F)cc3)C[C@]2(C(=O)c2ncc(C)s2)C1. The van der Waals surface area contributed by atoms with E-state index < -0.39 is 21.2 Å². The molecule has 3 atom stereocenters. The number of Topliss-reactive ketones (excluding diaryl/α,β-unsaturated/α-hetero) is 1. The number of hydrogen-bond acceptors (Lipinski definition) is 9. The molecule has 0 amide bonds. The molecular formula is C31H36FN7O4S2. The van der Waals surface area contributed by atoms with Crippen LogP contribution in [0.2, 0.25) is 0 Å². The number of fused-ring (bicyclic) bond motifs is 2. The van der Waals surface area contributed by atoms with Crippen LogP contribution in [0.15, 0.2) is 53.7 Å². The Morgan fingerprint density at radius 1 is 1.22 bits per heavy atom. The fourth-order valence-corrected chi connectivity index (χ4v) is 9.40. The molecule has 14 heteroatoms. The summed E-state index contributed by atoms with van der Waals surface area (Å²) in [7, 11) is 1.66. The number of nitrogens with zero attached hydrogens (tertiary/aromatic N) is 7. The molecule has 0 spiro atoms. The summed E-state index contributed by atoms with van der Waals surface area (Å²) >= 11 is 1.37. The molecule has 3 aromatic heterocycles.